The predicted molar refractivity (Wildman–Crippen MR) is 68.7 cm³/mol. The summed E-state index contributed by atoms with van der Waals surface area (Å²) in [6, 6.07) is 7.15. The molecule has 0 saturated heterocycles. The van der Waals surface area contributed by atoms with Crippen molar-refractivity contribution in [3.8, 4) is 0 Å². The Balaban J connectivity index is 2.62. The van der Waals surface area contributed by atoms with E-state index in [0.29, 0.717) is 6.42 Å². The topological polar surface area (TPSA) is 75.4 Å². The van der Waals surface area contributed by atoms with Gasteiger partial charge >= 0.3 is 0 Å². The lowest BCUT2D eigenvalue weighted by molar-refractivity contribution is -0.117. The van der Waals surface area contributed by atoms with Crippen LogP contribution in [0.3, 0.4) is 0 Å². The van der Waals surface area contributed by atoms with Crippen LogP contribution < -0.4 is 11.1 Å². The fourth-order valence-electron chi connectivity index (χ4n) is 1.51. The van der Waals surface area contributed by atoms with Crippen molar-refractivity contribution in [1.29, 1.82) is 0 Å². The largest absolute Gasteiger partial charge is 0.396 e. The molecule has 0 spiro atoms. The van der Waals surface area contributed by atoms with Crippen molar-refractivity contribution in [3.05, 3.63) is 29.8 Å². The molecule has 1 rings (SSSR count). The highest BCUT2D eigenvalue weighted by Gasteiger charge is 2.10. The first kappa shape index (κ1) is 13.7. The van der Waals surface area contributed by atoms with Crippen LogP contribution in [0.5, 0.6) is 0 Å². The van der Waals surface area contributed by atoms with Gasteiger partial charge in [-0.3, -0.25) is 4.79 Å². The Morgan fingerprint density at radius 1 is 1.53 bits per heavy atom. The Kier molecular flexibility index (Phi) is 5.66. The number of carbonyl (C=O) groups is 1. The first-order valence-electron chi connectivity index (χ1n) is 5.93. The van der Waals surface area contributed by atoms with Crippen molar-refractivity contribution in [1.82, 2.24) is 0 Å². The van der Waals surface area contributed by atoms with E-state index in [1.54, 1.807) is 0 Å². The lowest BCUT2D eigenvalue weighted by Crippen LogP contribution is -2.34. The Morgan fingerprint density at radius 3 is 2.94 bits per heavy atom. The molecule has 0 unspecified atom stereocenters. The van der Waals surface area contributed by atoms with Gasteiger partial charge < -0.3 is 16.2 Å². The van der Waals surface area contributed by atoms with Crippen LogP contribution >= 0.6 is 0 Å². The van der Waals surface area contributed by atoms with Crippen LogP contribution in [-0.4, -0.2) is 23.7 Å². The molecule has 4 N–H and O–H groups in total. The first-order chi connectivity index (χ1) is 8.17. The summed E-state index contributed by atoms with van der Waals surface area (Å²) in [7, 11) is 0. The smallest absolute Gasteiger partial charge is 0.241 e. The molecular weight excluding hydrogens is 216 g/mol. The lowest BCUT2D eigenvalue weighted by Gasteiger charge is -2.11. The number of anilines is 1. The van der Waals surface area contributed by atoms with E-state index >= 15 is 0 Å². The van der Waals surface area contributed by atoms with Crippen LogP contribution in [0.15, 0.2) is 24.3 Å². The summed E-state index contributed by atoms with van der Waals surface area (Å²) in [5, 5.41) is 11.5. The number of nitrogens with two attached hydrogens (primary N) is 1. The summed E-state index contributed by atoms with van der Waals surface area (Å²) in [5.74, 6) is -0.160. The highest BCUT2D eigenvalue weighted by Crippen LogP contribution is 2.12. The summed E-state index contributed by atoms with van der Waals surface area (Å²) in [6.45, 7) is 2.05. The van der Waals surface area contributed by atoms with Crippen molar-refractivity contribution < 1.29 is 9.90 Å². The molecule has 4 heteroatoms. The first-order valence-corrected chi connectivity index (χ1v) is 5.93. The van der Waals surface area contributed by atoms with Crippen molar-refractivity contribution in [2.75, 3.05) is 11.9 Å². The minimum absolute atomic E-state index is 0.160. The third-order valence-corrected chi connectivity index (χ3v) is 2.59. The van der Waals surface area contributed by atoms with E-state index in [4.69, 9.17) is 10.8 Å². The van der Waals surface area contributed by atoms with Gasteiger partial charge in [0.15, 0.2) is 0 Å². The SMILES string of the molecule is CC[C@H](N)C(=O)Nc1cccc(CCCO)c1. The monoisotopic (exact) mass is 236 g/mol. The minimum Gasteiger partial charge on any atom is -0.396 e. The van der Waals surface area contributed by atoms with Crippen LogP contribution in [0, 0.1) is 0 Å². The zero-order chi connectivity index (χ0) is 12.7. The highest BCUT2D eigenvalue weighted by molar-refractivity contribution is 5.94. The average Bonchev–Trinajstić information content (AvgIpc) is 2.35. The maximum Gasteiger partial charge on any atom is 0.241 e. The van der Waals surface area contributed by atoms with Crippen molar-refractivity contribution in [3.63, 3.8) is 0 Å². The Hall–Kier alpha value is -1.39. The molecule has 94 valence electrons. The van der Waals surface area contributed by atoms with E-state index in [1.165, 1.54) is 0 Å². The van der Waals surface area contributed by atoms with Gasteiger partial charge in [0.1, 0.15) is 0 Å². The second-order valence-corrected chi connectivity index (χ2v) is 4.03. The zero-order valence-electron chi connectivity index (χ0n) is 10.1. The Labute approximate surface area is 102 Å². The van der Waals surface area contributed by atoms with Gasteiger partial charge in [-0.15, -0.1) is 0 Å². The van der Waals surface area contributed by atoms with Gasteiger partial charge in [0.25, 0.3) is 0 Å². The van der Waals surface area contributed by atoms with Crippen LogP contribution in [0.4, 0.5) is 5.69 Å². The van der Waals surface area contributed by atoms with E-state index in [0.717, 1.165) is 24.1 Å². The number of carbonyl (C=O) groups excluding carboxylic acids is 1. The van der Waals surface area contributed by atoms with Crippen LogP contribution in [0.1, 0.15) is 25.3 Å². The summed E-state index contributed by atoms with van der Waals surface area (Å²) in [4.78, 5) is 11.6. The minimum atomic E-state index is -0.462. The molecule has 1 aromatic carbocycles. The number of hydrogen-bond acceptors (Lipinski definition) is 3. The summed E-state index contributed by atoms with van der Waals surface area (Å²) >= 11 is 0. The summed E-state index contributed by atoms with van der Waals surface area (Å²) in [5.41, 5.74) is 7.50. The van der Waals surface area contributed by atoms with E-state index in [2.05, 4.69) is 5.32 Å². The Morgan fingerprint density at radius 2 is 2.29 bits per heavy atom. The van der Waals surface area contributed by atoms with E-state index in [9.17, 15) is 4.79 Å². The number of amides is 1. The average molecular weight is 236 g/mol. The molecule has 0 aliphatic carbocycles. The lowest BCUT2D eigenvalue weighted by atomic mass is 10.1. The van der Waals surface area contributed by atoms with Crippen molar-refractivity contribution in [2.45, 2.75) is 32.2 Å². The molecule has 0 aliphatic rings. The standard InChI is InChI=1S/C13H20N2O2/c1-2-12(14)13(17)15-11-7-3-5-10(9-11)6-4-8-16/h3,5,7,9,12,16H,2,4,6,8,14H2,1H3,(H,15,17)/t12-/m0/s1. The molecule has 0 aromatic heterocycles. The molecule has 0 aliphatic heterocycles. The third kappa shape index (κ3) is 4.54. The molecule has 0 radical (unpaired) electrons. The summed E-state index contributed by atoms with van der Waals surface area (Å²) < 4.78 is 0. The quantitative estimate of drug-likeness (QED) is 0.696. The van der Waals surface area contributed by atoms with E-state index in [-0.39, 0.29) is 12.5 Å². The highest BCUT2D eigenvalue weighted by atomic mass is 16.2. The van der Waals surface area contributed by atoms with Crippen molar-refractivity contribution in [2.24, 2.45) is 5.73 Å². The van der Waals surface area contributed by atoms with E-state index < -0.39 is 6.04 Å². The fraction of sp³-hybridized carbons (Fsp3) is 0.462. The summed E-state index contributed by atoms with van der Waals surface area (Å²) in [6.07, 6.45) is 2.15. The second kappa shape index (κ2) is 7.04. The number of aliphatic hydroxyl groups excluding tert-OH is 1. The molecule has 1 atom stereocenters. The van der Waals surface area contributed by atoms with Crippen LogP contribution in [0.25, 0.3) is 0 Å². The molecular formula is C13H20N2O2. The zero-order valence-corrected chi connectivity index (χ0v) is 10.1. The Bertz CT molecular complexity index is 366. The number of rotatable bonds is 6. The van der Waals surface area contributed by atoms with Gasteiger partial charge in [-0.05, 0) is 37.0 Å². The number of aliphatic hydroxyl groups is 1. The van der Waals surface area contributed by atoms with Gasteiger partial charge in [0.2, 0.25) is 5.91 Å². The maximum atomic E-state index is 11.6. The van der Waals surface area contributed by atoms with Gasteiger partial charge in [-0.1, -0.05) is 19.1 Å². The molecule has 17 heavy (non-hydrogen) atoms. The van der Waals surface area contributed by atoms with Gasteiger partial charge in [0, 0.05) is 12.3 Å². The van der Waals surface area contributed by atoms with Gasteiger partial charge in [-0.2, -0.15) is 0 Å². The fourth-order valence-corrected chi connectivity index (χ4v) is 1.51. The van der Waals surface area contributed by atoms with Crippen LogP contribution in [-0.2, 0) is 11.2 Å². The number of benzene rings is 1. The third-order valence-electron chi connectivity index (χ3n) is 2.59. The molecule has 0 heterocycles. The maximum absolute atomic E-state index is 11.6. The normalized spacial score (nSPS) is 12.2. The molecule has 1 aromatic rings. The number of nitrogens with one attached hydrogen (secondary N) is 1. The molecule has 4 nitrogen and oxygen atoms in total. The molecule has 1 amide bonds. The van der Waals surface area contributed by atoms with E-state index in [1.807, 2.05) is 31.2 Å². The second-order valence-electron chi connectivity index (χ2n) is 4.03. The van der Waals surface area contributed by atoms with Gasteiger partial charge in [0.05, 0.1) is 6.04 Å². The molecule has 0 saturated carbocycles. The predicted octanol–water partition coefficient (Wildman–Crippen LogP) is 1.29. The van der Waals surface area contributed by atoms with Crippen molar-refractivity contribution >= 4 is 11.6 Å². The van der Waals surface area contributed by atoms with Crippen LogP contribution in [0.2, 0.25) is 0 Å². The molecule has 0 fully saturated rings. The molecule has 0 bridgehead atoms. The number of hydrogen-bond donors (Lipinski definition) is 3. The number of aryl methyl sites for hydroxylation is 1. The van der Waals surface area contributed by atoms with Gasteiger partial charge in [-0.25, -0.2) is 0 Å².